The fraction of sp³-hybridized carbons (Fsp3) is 0.174. The van der Waals surface area contributed by atoms with Gasteiger partial charge >= 0.3 is 0 Å². The zero-order valence-corrected chi connectivity index (χ0v) is 15.5. The lowest BCUT2D eigenvalue weighted by Crippen LogP contribution is -2.07. The first-order valence-corrected chi connectivity index (χ1v) is 8.65. The highest BCUT2D eigenvalue weighted by atomic mass is 19.1. The maximum Gasteiger partial charge on any atom is 0.167 e. The van der Waals surface area contributed by atoms with Gasteiger partial charge in [0.1, 0.15) is 17.3 Å². The largest absolute Gasteiger partial charge is 0.508 e. The number of hydrogen-bond donors (Lipinski definition) is 1. The van der Waals surface area contributed by atoms with E-state index in [0.29, 0.717) is 28.0 Å². The Morgan fingerprint density at radius 2 is 1.81 bits per heavy atom. The van der Waals surface area contributed by atoms with Gasteiger partial charge in [0.25, 0.3) is 0 Å². The van der Waals surface area contributed by atoms with Crippen molar-refractivity contribution < 1.29 is 19.0 Å². The lowest BCUT2D eigenvalue weighted by molar-refractivity contribution is 0.0992. The third-order valence-electron chi connectivity index (χ3n) is 4.76. The van der Waals surface area contributed by atoms with Crippen LogP contribution >= 0.6 is 0 Å². The Labute approximate surface area is 158 Å². The number of benzene rings is 3. The third kappa shape index (κ3) is 4.00. The number of phenolic OH excluding ortho intramolecular Hbond substituents is 1. The Kier molecular flexibility index (Phi) is 5.26. The summed E-state index contributed by atoms with van der Waals surface area (Å²) in [6.45, 7) is 3.72. The molecule has 3 rings (SSSR count). The summed E-state index contributed by atoms with van der Waals surface area (Å²) in [7, 11) is 1.53. The molecule has 0 amide bonds. The van der Waals surface area contributed by atoms with Crippen molar-refractivity contribution in [1.29, 1.82) is 0 Å². The van der Waals surface area contributed by atoms with Gasteiger partial charge in [-0.3, -0.25) is 4.79 Å². The average molecular weight is 364 g/mol. The number of Topliss-reactive ketones (excluding diaryl/α,β-unsaturated/α-hetero) is 1. The van der Waals surface area contributed by atoms with Gasteiger partial charge in [0.2, 0.25) is 0 Å². The van der Waals surface area contributed by atoms with Crippen molar-refractivity contribution in [2.75, 3.05) is 7.11 Å². The molecule has 0 unspecified atom stereocenters. The van der Waals surface area contributed by atoms with E-state index in [1.807, 2.05) is 6.92 Å². The van der Waals surface area contributed by atoms with Crippen LogP contribution in [0, 0.1) is 19.7 Å². The molecule has 138 valence electrons. The molecule has 0 spiro atoms. The molecule has 0 aliphatic heterocycles. The van der Waals surface area contributed by atoms with E-state index in [1.165, 1.54) is 19.2 Å². The summed E-state index contributed by atoms with van der Waals surface area (Å²) in [5.74, 6) is 0.275. The summed E-state index contributed by atoms with van der Waals surface area (Å²) < 4.78 is 18.9. The van der Waals surface area contributed by atoms with Gasteiger partial charge in [0, 0.05) is 12.0 Å². The number of hydrogen-bond acceptors (Lipinski definition) is 3. The number of phenols is 1. The van der Waals surface area contributed by atoms with Crippen LogP contribution in [0.1, 0.15) is 27.0 Å². The number of halogens is 1. The van der Waals surface area contributed by atoms with Crippen molar-refractivity contribution in [2.45, 2.75) is 20.3 Å². The van der Waals surface area contributed by atoms with Gasteiger partial charge in [-0.2, -0.15) is 0 Å². The minimum Gasteiger partial charge on any atom is -0.508 e. The number of aromatic hydroxyl groups is 1. The first-order valence-electron chi connectivity index (χ1n) is 8.65. The van der Waals surface area contributed by atoms with Gasteiger partial charge in [0.05, 0.1) is 7.11 Å². The van der Waals surface area contributed by atoms with E-state index in [1.54, 1.807) is 49.4 Å². The highest BCUT2D eigenvalue weighted by Crippen LogP contribution is 2.29. The summed E-state index contributed by atoms with van der Waals surface area (Å²) in [4.78, 5) is 12.9. The van der Waals surface area contributed by atoms with Crippen molar-refractivity contribution >= 4 is 5.78 Å². The molecule has 0 aliphatic carbocycles. The van der Waals surface area contributed by atoms with E-state index in [0.717, 1.165) is 11.1 Å². The lowest BCUT2D eigenvalue weighted by Gasteiger charge is -2.12. The zero-order valence-electron chi connectivity index (χ0n) is 15.5. The first-order chi connectivity index (χ1) is 12.9. The highest BCUT2D eigenvalue weighted by molar-refractivity contribution is 5.99. The fourth-order valence-electron chi connectivity index (χ4n) is 3.13. The second-order valence-electron chi connectivity index (χ2n) is 6.57. The van der Waals surface area contributed by atoms with Gasteiger partial charge in [-0.1, -0.05) is 18.2 Å². The van der Waals surface area contributed by atoms with E-state index in [-0.39, 0.29) is 23.8 Å². The number of rotatable bonds is 5. The van der Waals surface area contributed by atoms with Gasteiger partial charge in [-0.25, -0.2) is 4.39 Å². The van der Waals surface area contributed by atoms with E-state index in [4.69, 9.17) is 4.74 Å². The van der Waals surface area contributed by atoms with Crippen LogP contribution in [0.4, 0.5) is 4.39 Å². The normalized spacial score (nSPS) is 10.7. The van der Waals surface area contributed by atoms with Crippen molar-refractivity contribution in [2.24, 2.45) is 0 Å². The molecule has 0 saturated carbocycles. The Hall–Kier alpha value is -3.14. The van der Waals surface area contributed by atoms with Crippen LogP contribution in [-0.2, 0) is 6.42 Å². The van der Waals surface area contributed by atoms with Crippen LogP contribution in [0.15, 0.2) is 54.6 Å². The van der Waals surface area contributed by atoms with E-state index < -0.39 is 0 Å². The fourth-order valence-corrected chi connectivity index (χ4v) is 3.13. The molecule has 0 aromatic heterocycles. The molecule has 0 bridgehead atoms. The predicted molar refractivity (Wildman–Crippen MR) is 104 cm³/mol. The van der Waals surface area contributed by atoms with Crippen LogP contribution in [0.5, 0.6) is 11.5 Å². The minimum absolute atomic E-state index is 0.0941. The third-order valence-corrected chi connectivity index (χ3v) is 4.76. The van der Waals surface area contributed by atoms with Gasteiger partial charge in [0.15, 0.2) is 5.78 Å². The van der Waals surface area contributed by atoms with Crippen molar-refractivity contribution in [3.63, 3.8) is 0 Å². The van der Waals surface area contributed by atoms with Crippen molar-refractivity contribution in [3.05, 3.63) is 82.7 Å². The average Bonchev–Trinajstić information content (AvgIpc) is 2.67. The van der Waals surface area contributed by atoms with E-state index in [9.17, 15) is 14.3 Å². The van der Waals surface area contributed by atoms with Gasteiger partial charge in [-0.15, -0.1) is 0 Å². The topological polar surface area (TPSA) is 46.5 Å². The van der Waals surface area contributed by atoms with E-state index in [2.05, 4.69) is 0 Å². The molecule has 0 heterocycles. The number of methoxy groups -OCH3 is 1. The molecule has 0 saturated heterocycles. The lowest BCUT2D eigenvalue weighted by atomic mass is 9.93. The SMILES string of the molecule is COc1cc(C(=O)Cc2c(C)ccc(O)c2C)cc(-c2cccc(F)c2)c1. The summed E-state index contributed by atoms with van der Waals surface area (Å²) in [5, 5.41) is 9.94. The van der Waals surface area contributed by atoms with Crippen LogP contribution in [0.25, 0.3) is 11.1 Å². The molecular weight excluding hydrogens is 343 g/mol. The van der Waals surface area contributed by atoms with Gasteiger partial charge < -0.3 is 9.84 Å². The summed E-state index contributed by atoms with van der Waals surface area (Å²) in [6, 6.07) is 14.8. The second kappa shape index (κ2) is 7.62. The van der Waals surface area contributed by atoms with Crippen molar-refractivity contribution in [3.8, 4) is 22.6 Å². The molecule has 3 nitrogen and oxygen atoms in total. The highest BCUT2D eigenvalue weighted by Gasteiger charge is 2.15. The van der Waals surface area contributed by atoms with Gasteiger partial charge in [-0.05, 0) is 78.1 Å². The summed E-state index contributed by atoms with van der Waals surface area (Å²) >= 11 is 0. The molecular formula is C23H21FO3. The Morgan fingerprint density at radius 3 is 2.52 bits per heavy atom. The molecule has 1 N–H and O–H groups in total. The minimum atomic E-state index is -0.339. The monoisotopic (exact) mass is 364 g/mol. The molecule has 4 heteroatoms. The summed E-state index contributed by atoms with van der Waals surface area (Å²) in [5.41, 5.74) is 4.34. The maximum atomic E-state index is 13.6. The summed E-state index contributed by atoms with van der Waals surface area (Å²) in [6.07, 6.45) is 0.168. The quantitative estimate of drug-likeness (QED) is 0.629. The molecule has 0 radical (unpaired) electrons. The van der Waals surface area contributed by atoms with E-state index >= 15 is 0 Å². The first kappa shape index (κ1) is 18.6. The number of carbonyl (C=O) groups excluding carboxylic acids is 1. The van der Waals surface area contributed by atoms with Crippen molar-refractivity contribution in [1.82, 2.24) is 0 Å². The molecule has 3 aromatic carbocycles. The molecule has 0 fully saturated rings. The zero-order chi connectivity index (χ0) is 19.6. The van der Waals surface area contributed by atoms with Crippen LogP contribution in [0.3, 0.4) is 0 Å². The Bertz CT molecular complexity index is 1010. The number of ketones is 1. The molecule has 0 atom stereocenters. The molecule has 0 aliphatic rings. The number of ether oxygens (including phenoxy) is 1. The Balaban J connectivity index is 2.00. The Morgan fingerprint density at radius 1 is 1.04 bits per heavy atom. The smallest absolute Gasteiger partial charge is 0.167 e. The number of aryl methyl sites for hydroxylation is 1. The number of carbonyl (C=O) groups is 1. The maximum absolute atomic E-state index is 13.6. The standard InChI is InChI=1S/C23H21FO3/c1-14-7-8-22(25)15(2)21(14)13-23(26)18-9-17(11-20(12-18)27-3)16-5-4-6-19(24)10-16/h4-12,25H,13H2,1-3H3. The van der Waals surface area contributed by atoms with Crippen LogP contribution < -0.4 is 4.74 Å². The van der Waals surface area contributed by atoms with Crippen LogP contribution in [-0.4, -0.2) is 18.0 Å². The molecule has 27 heavy (non-hydrogen) atoms. The predicted octanol–water partition coefficient (Wildman–Crippen LogP) is 5.25. The second-order valence-corrected chi connectivity index (χ2v) is 6.57. The molecule has 3 aromatic rings. The van der Waals surface area contributed by atoms with Crippen LogP contribution in [0.2, 0.25) is 0 Å².